The topological polar surface area (TPSA) is 59.1 Å². The molecule has 0 spiro atoms. The molecule has 152 valence electrons. The fourth-order valence-corrected chi connectivity index (χ4v) is 8.42. The van der Waals surface area contributed by atoms with Gasteiger partial charge in [-0.05, 0) is 53.2 Å². The number of rotatable bonds is 4. The molecule has 2 heterocycles. The maximum Gasteiger partial charge on any atom is 0.270 e. The number of aromatic nitrogens is 1. The first kappa shape index (κ1) is 19.9. The number of hydrogen-bond acceptors (Lipinski definition) is 3. The molecule has 2 aliphatic rings. The first-order valence-electron chi connectivity index (χ1n) is 10.5. The van der Waals surface area contributed by atoms with Crippen molar-refractivity contribution in [2.24, 2.45) is 5.92 Å². The van der Waals surface area contributed by atoms with Gasteiger partial charge in [0, 0.05) is 18.4 Å². The van der Waals surface area contributed by atoms with Crippen LogP contribution in [0.15, 0.2) is 65.8 Å². The van der Waals surface area contributed by atoms with Gasteiger partial charge in [0.2, 0.25) is 0 Å². The highest BCUT2D eigenvalue weighted by atomic mass is 32.3. The minimum atomic E-state index is -1.84. The lowest BCUT2D eigenvalue weighted by Gasteiger charge is -2.46. The molecule has 5 heteroatoms. The van der Waals surface area contributed by atoms with Crippen LogP contribution in [-0.4, -0.2) is 21.8 Å². The van der Waals surface area contributed by atoms with Crippen LogP contribution in [0, 0.1) is 5.92 Å². The maximum absolute atomic E-state index is 13.8. The highest BCUT2D eigenvalue weighted by molar-refractivity contribution is 8.47. The molecule has 4 nitrogen and oxygen atoms in total. The largest absolute Gasteiger partial charge is 0.316 e. The van der Waals surface area contributed by atoms with Gasteiger partial charge in [0.05, 0.1) is 11.9 Å². The van der Waals surface area contributed by atoms with Gasteiger partial charge in [-0.1, -0.05) is 49.6 Å². The summed E-state index contributed by atoms with van der Waals surface area (Å²) in [6.45, 7) is 0. The molecule has 1 atom stereocenters. The number of hydrogen-bond donors (Lipinski definition) is 1. The number of amides is 1. The molecule has 1 unspecified atom stereocenters. The Labute approximate surface area is 174 Å². The molecule has 0 bridgehead atoms. The lowest BCUT2D eigenvalue weighted by molar-refractivity contribution is -0.114. The van der Waals surface area contributed by atoms with Crippen molar-refractivity contribution in [2.75, 3.05) is 11.1 Å². The number of carbonyl (C=O) groups excluding carboxylic acids is 2. The molecule has 1 amide bonds. The van der Waals surface area contributed by atoms with E-state index in [1.807, 2.05) is 36.4 Å². The van der Waals surface area contributed by atoms with E-state index in [9.17, 15) is 9.59 Å². The highest BCUT2D eigenvalue weighted by Gasteiger charge is 2.42. The zero-order valence-corrected chi connectivity index (χ0v) is 17.5. The number of ketones is 1. The summed E-state index contributed by atoms with van der Waals surface area (Å²) in [5, 5.41) is 3.21. The zero-order chi connectivity index (χ0) is 20.1. The Hall–Kier alpha value is -2.40. The molecule has 1 aliphatic carbocycles. The van der Waals surface area contributed by atoms with Crippen molar-refractivity contribution >= 4 is 26.7 Å². The fourth-order valence-electron chi connectivity index (χ4n) is 4.49. The molecule has 0 saturated heterocycles. The lowest BCUT2D eigenvalue weighted by atomic mass is 9.88. The van der Waals surface area contributed by atoms with Crippen molar-refractivity contribution in [2.45, 2.75) is 44.3 Å². The van der Waals surface area contributed by atoms with Crippen molar-refractivity contribution in [3.63, 3.8) is 0 Å². The van der Waals surface area contributed by atoms with Gasteiger partial charge in [0.15, 0.2) is 5.78 Å². The number of nitrogens with one attached hydrogen (secondary N) is 1. The van der Waals surface area contributed by atoms with E-state index < -0.39 is 10.0 Å². The van der Waals surface area contributed by atoms with Crippen molar-refractivity contribution < 1.29 is 9.59 Å². The van der Waals surface area contributed by atoms with Crippen LogP contribution in [0.5, 0.6) is 0 Å². The van der Waals surface area contributed by atoms with E-state index >= 15 is 0 Å². The molecular formula is C24H28N2O2S. The maximum atomic E-state index is 13.8. The third-order valence-electron chi connectivity index (χ3n) is 5.98. The van der Waals surface area contributed by atoms with Crippen LogP contribution < -0.4 is 5.32 Å². The Kier molecular flexibility index (Phi) is 6.14. The van der Waals surface area contributed by atoms with E-state index in [0.29, 0.717) is 23.8 Å². The molecular weight excluding hydrogens is 380 g/mol. The molecule has 1 aliphatic heterocycles. The standard InChI is InChI=1S/C24H28N2O2S/c27-22-13-15-29(18-19-8-3-1-4-9-19,23(16-22)20-10-5-2-6-11-20)24(28)26-21-12-7-14-25-17-21/h1,3-4,7-9,12,14,16-17,20H,2,5-6,10-11,13,15,18H2,(H,26,28). The van der Waals surface area contributed by atoms with Crippen LogP contribution >= 0.6 is 10.0 Å². The Balaban J connectivity index is 1.74. The highest BCUT2D eigenvalue weighted by Crippen LogP contribution is 2.64. The van der Waals surface area contributed by atoms with Gasteiger partial charge in [0.25, 0.3) is 5.24 Å². The van der Waals surface area contributed by atoms with E-state index in [0.717, 1.165) is 23.4 Å². The van der Waals surface area contributed by atoms with Gasteiger partial charge in [-0.15, -0.1) is 10.0 Å². The monoisotopic (exact) mass is 408 g/mol. The summed E-state index contributed by atoms with van der Waals surface area (Å²) in [6.07, 6.45) is 11.5. The van der Waals surface area contributed by atoms with E-state index in [1.54, 1.807) is 12.4 Å². The molecule has 4 rings (SSSR count). The molecule has 1 aromatic heterocycles. The number of benzene rings is 1. The molecule has 0 radical (unpaired) electrons. The van der Waals surface area contributed by atoms with E-state index in [2.05, 4.69) is 22.4 Å². The second-order valence-electron chi connectivity index (χ2n) is 7.97. The van der Waals surface area contributed by atoms with Crippen molar-refractivity contribution in [1.82, 2.24) is 4.98 Å². The molecule has 1 aromatic carbocycles. The van der Waals surface area contributed by atoms with E-state index in [4.69, 9.17) is 0 Å². The third-order valence-corrected chi connectivity index (χ3v) is 9.87. The van der Waals surface area contributed by atoms with Gasteiger partial charge in [-0.3, -0.25) is 14.6 Å². The normalized spacial score (nSPS) is 25.0. The average molecular weight is 409 g/mol. The lowest BCUT2D eigenvalue weighted by Crippen LogP contribution is -2.32. The fraction of sp³-hybridized carbons (Fsp3) is 0.375. The second-order valence-corrected chi connectivity index (χ2v) is 11.3. The summed E-state index contributed by atoms with van der Waals surface area (Å²) >= 11 is 0. The molecule has 1 saturated carbocycles. The van der Waals surface area contributed by atoms with Crippen LogP contribution in [0.4, 0.5) is 10.5 Å². The quantitative estimate of drug-likeness (QED) is 0.669. The average Bonchev–Trinajstić information content (AvgIpc) is 2.77. The van der Waals surface area contributed by atoms with E-state index in [1.165, 1.54) is 24.8 Å². The number of anilines is 1. The predicted molar refractivity (Wildman–Crippen MR) is 120 cm³/mol. The Bertz CT molecular complexity index is 892. The van der Waals surface area contributed by atoms with Gasteiger partial charge in [0.1, 0.15) is 0 Å². The Morgan fingerprint density at radius 1 is 1.07 bits per heavy atom. The van der Waals surface area contributed by atoms with Gasteiger partial charge in [-0.2, -0.15) is 0 Å². The molecule has 29 heavy (non-hydrogen) atoms. The van der Waals surface area contributed by atoms with Gasteiger partial charge >= 0.3 is 0 Å². The summed E-state index contributed by atoms with van der Waals surface area (Å²) in [7, 11) is -1.84. The smallest absolute Gasteiger partial charge is 0.270 e. The summed E-state index contributed by atoms with van der Waals surface area (Å²) in [4.78, 5) is 31.5. The zero-order valence-electron chi connectivity index (χ0n) is 16.7. The van der Waals surface area contributed by atoms with Crippen LogP contribution in [0.25, 0.3) is 0 Å². The minimum absolute atomic E-state index is 0.0682. The molecule has 1 fully saturated rings. The number of allylic oxidation sites excluding steroid dienone is 2. The number of carbonyl (C=O) groups is 2. The Morgan fingerprint density at radius 2 is 1.86 bits per heavy atom. The number of pyridine rings is 1. The molecule has 1 N–H and O–H groups in total. The minimum Gasteiger partial charge on any atom is -0.316 e. The first-order chi connectivity index (χ1) is 14.2. The van der Waals surface area contributed by atoms with Gasteiger partial charge < -0.3 is 5.32 Å². The third kappa shape index (κ3) is 4.45. The van der Waals surface area contributed by atoms with Crippen LogP contribution in [0.3, 0.4) is 0 Å². The SMILES string of the molecule is O=C1C=C(C2CCCCC2)S(Cc2ccccc2)(C(=O)Nc2cccnc2)CC1. The second kappa shape index (κ2) is 8.95. The summed E-state index contributed by atoms with van der Waals surface area (Å²) < 4.78 is 0. The van der Waals surface area contributed by atoms with Crippen molar-refractivity contribution in [3.8, 4) is 0 Å². The van der Waals surface area contributed by atoms with E-state index in [-0.39, 0.29) is 11.0 Å². The summed E-state index contributed by atoms with van der Waals surface area (Å²) in [5.41, 5.74) is 1.89. The molecule has 2 aromatic rings. The van der Waals surface area contributed by atoms with Crippen molar-refractivity contribution in [3.05, 3.63) is 71.4 Å². The van der Waals surface area contributed by atoms with Crippen LogP contribution in [-0.2, 0) is 10.5 Å². The summed E-state index contributed by atoms with van der Waals surface area (Å²) in [6, 6.07) is 14.0. The first-order valence-corrected chi connectivity index (χ1v) is 12.4. The Morgan fingerprint density at radius 3 is 2.59 bits per heavy atom. The van der Waals surface area contributed by atoms with Crippen molar-refractivity contribution in [1.29, 1.82) is 0 Å². The summed E-state index contributed by atoms with van der Waals surface area (Å²) in [5.74, 6) is 1.88. The van der Waals surface area contributed by atoms with Gasteiger partial charge in [-0.25, -0.2) is 0 Å². The van der Waals surface area contributed by atoms with Crippen LogP contribution in [0.1, 0.15) is 44.1 Å². The predicted octanol–water partition coefficient (Wildman–Crippen LogP) is 6.06. The van der Waals surface area contributed by atoms with Crippen LogP contribution in [0.2, 0.25) is 0 Å². The number of nitrogens with zero attached hydrogens (tertiary/aromatic N) is 1.